The van der Waals surface area contributed by atoms with Crippen molar-refractivity contribution in [2.75, 3.05) is 27.1 Å². The minimum atomic E-state index is -0.270. The molecule has 5 rings (SSSR count). The summed E-state index contributed by atoms with van der Waals surface area (Å²) in [6.45, 7) is 1.21. The Kier molecular flexibility index (Phi) is 3.80. The first kappa shape index (κ1) is 16.5. The maximum absolute atomic E-state index is 10.4. The first-order valence-corrected chi connectivity index (χ1v) is 8.88. The summed E-state index contributed by atoms with van der Waals surface area (Å²) in [7, 11) is 1.52. The number of phenolic OH excluding ortho intramolecular Hbond substituents is 2. The Morgan fingerprint density at radius 2 is 1.59 bits per heavy atom. The van der Waals surface area contributed by atoms with Crippen LogP contribution in [0.4, 0.5) is 0 Å². The summed E-state index contributed by atoms with van der Waals surface area (Å²) < 4.78 is 28.1. The van der Waals surface area contributed by atoms with Crippen LogP contribution in [0.2, 0.25) is 0 Å². The molecule has 27 heavy (non-hydrogen) atoms. The molecular formula is C20H20O7. The highest BCUT2D eigenvalue weighted by atomic mass is 16.7. The van der Waals surface area contributed by atoms with Crippen molar-refractivity contribution < 1.29 is 33.9 Å². The van der Waals surface area contributed by atoms with Gasteiger partial charge in [0, 0.05) is 23.5 Å². The number of benzene rings is 2. The van der Waals surface area contributed by atoms with E-state index < -0.39 is 0 Å². The van der Waals surface area contributed by atoms with Crippen molar-refractivity contribution in [2.24, 2.45) is 11.8 Å². The van der Waals surface area contributed by atoms with Crippen molar-refractivity contribution in [1.82, 2.24) is 0 Å². The van der Waals surface area contributed by atoms with Gasteiger partial charge in [-0.1, -0.05) is 6.07 Å². The van der Waals surface area contributed by atoms with Crippen LogP contribution >= 0.6 is 0 Å². The molecule has 2 N–H and O–H groups in total. The van der Waals surface area contributed by atoms with Crippen molar-refractivity contribution >= 4 is 0 Å². The van der Waals surface area contributed by atoms with Gasteiger partial charge < -0.3 is 33.9 Å². The van der Waals surface area contributed by atoms with E-state index in [1.165, 1.54) is 7.11 Å². The maximum atomic E-state index is 10.4. The summed E-state index contributed by atoms with van der Waals surface area (Å²) in [5.41, 5.74) is 1.63. The molecule has 4 unspecified atom stereocenters. The Morgan fingerprint density at radius 3 is 2.37 bits per heavy atom. The van der Waals surface area contributed by atoms with Gasteiger partial charge in [0.25, 0.3) is 0 Å². The summed E-state index contributed by atoms with van der Waals surface area (Å²) in [6.07, 6.45) is -0.417. The standard InChI is InChI=1S/C20H20O7/c1-23-16-4-10(2-3-14(16)21)19-12-7-25-20(13(12)8-24-19)11-5-17-18(6-15(11)22)27-9-26-17/h2-6,12-13,19-22H,7-9H2,1H3. The molecule has 0 radical (unpaired) electrons. The molecule has 2 aromatic carbocycles. The highest BCUT2D eigenvalue weighted by Gasteiger charge is 2.49. The normalized spacial score (nSPS) is 28.3. The molecule has 0 bridgehead atoms. The molecule has 3 aliphatic heterocycles. The molecule has 2 saturated heterocycles. The highest BCUT2D eigenvalue weighted by Crippen LogP contribution is 2.53. The third kappa shape index (κ3) is 2.57. The quantitative estimate of drug-likeness (QED) is 0.857. The molecule has 7 nitrogen and oxygen atoms in total. The van der Waals surface area contributed by atoms with Gasteiger partial charge in [0.15, 0.2) is 23.0 Å². The van der Waals surface area contributed by atoms with Crippen LogP contribution in [-0.2, 0) is 9.47 Å². The SMILES string of the molecule is COc1cc(C2OCC3C(c4cc5c(cc4O)OCO5)OCC23)ccc1O. The molecule has 3 heterocycles. The van der Waals surface area contributed by atoms with Crippen LogP contribution in [0.25, 0.3) is 0 Å². The van der Waals surface area contributed by atoms with Gasteiger partial charge in [0.05, 0.1) is 32.5 Å². The van der Waals surface area contributed by atoms with Crippen molar-refractivity contribution in [3.63, 3.8) is 0 Å². The van der Waals surface area contributed by atoms with E-state index in [1.54, 1.807) is 24.3 Å². The first-order valence-electron chi connectivity index (χ1n) is 8.88. The second kappa shape index (κ2) is 6.21. The van der Waals surface area contributed by atoms with E-state index in [-0.39, 0.29) is 42.3 Å². The number of rotatable bonds is 3. The number of hydrogen-bond donors (Lipinski definition) is 2. The fourth-order valence-corrected chi connectivity index (χ4v) is 4.26. The van der Waals surface area contributed by atoms with Gasteiger partial charge in [-0.15, -0.1) is 0 Å². The molecule has 0 saturated carbocycles. The Labute approximate surface area is 156 Å². The fraction of sp³-hybridized carbons (Fsp3) is 0.400. The minimum absolute atomic E-state index is 0.0987. The van der Waals surface area contributed by atoms with Crippen molar-refractivity contribution in [3.05, 3.63) is 41.5 Å². The van der Waals surface area contributed by atoms with Gasteiger partial charge in [0.1, 0.15) is 5.75 Å². The van der Waals surface area contributed by atoms with Crippen LogP contribution < -0.4 is 14.2 Å². The molecule has 4 atom stereocenters. The highest BCUT2D eigenvalue weighted by molar-refractivity contribution is 5.52. The molecule has 142 valence electrons. The molecule has 7 heteroatoms. The second-order valence-electron chi connectivity index (χ2n) is 7.03. The van der Waals surface area contributed by atoms with Gasteiger partial charge in [-0.2, -0.15) is 0 Å². The summed E-state index contributed by atoms with van der Waals surface area (Å²) in [6, 6.07) is 8.62. The molecule has 0 aliphatic carbocycles. The van der Waals surface area contributed by atoms with E-state index in [0.717, 1.165) is 5.56 Å². The third-order valence-corrected chi connectivity index (χ3v) is 5.62. The lowest BCUT2D eigenvalue weighted by molar-refractivity contribution is 0.0184. The molecule has 0 spiro atoms. The maximum Gasteiger partial charge on any atom is 0.231 e. The van der Waals surface area contributed by atoms with E-state index in [0.29, 0.717) is 36.0 Å². The summed E-state index contributed by atoms with van der Waals surface area (Å²) in [4.78, 5) is 0. The van der Waals surface area contributed by atoms with E-state index >= 15 is 0 Å². The van der Waals surface area contributed by atoms with Crippen molar-refractivity contribution in [3.8, 4) is 28.7 Å². The lowest BCUT2D eigenvalue weighted by Gasteiger charge is -2.18. The van der Waals surface area contributed by atoms with E-state index in [4.69, 9.17) is 23.7 Å². The second-order valence-corrected chi connectivity index (χ2v) is 7.03. The predicted octanol–water partition coefficient (Wildman–Crippen LogP) is 2.91. The summed E-state index contributed by atoms with van der Waals surface area (Å²) in [5.74, 6) is 2.08. The molecule has 2 fully saturated rings. The lowest BCUT2D eigenvalue weighted by Crippen LogP contribution is -2.14. The van der Waals surface area contributed by atoms with Gasteiger partial charge in [-0.05, 0) is 23.8 Å². The van der Waals surface area contributed by atoms with E-state index in [1.807, 2.05) is 6.07 Å². The van der Waals surface area contributed by atoms with Gasteiger partial charge in [0.2, 0.25) is 6.79 Å². The van der Waals surface area contributed by atoms with Gasteiger partial charge in [-0.25, -0.2) is 0 Å². The predicted molar refractivity (Wildman–Crippen MR) is 93.3 cm³/mol. The molecule has 3 aliphatic rings. The number of phenols is 2. The Balaban J connectivity index is 1.42. The number of fused-ring (bicyclic) bond motifs is 2. The van der Waals surface area contributed by atoms with E-state index in [9.17, 15) is 10.2 Å². The third-order valence-electron chi connectivity index (χ3n) is 5.62. The Morgan fingerprint density at radius 1 is 0.889 bits per heavy atom. The molecule has 0 amide bonds. The fourth-order valence-electron chi connectivity index (χ4n) is 4.26. The Bertz CT molecular complexity index is 881. The zero-order chi connectivity index (χ0) is 18.5. The van der Waals surface area contributed by atoms with Crippen LogP contribution in [-0.4, -0.2) is 37.3 Å². The topological polar surface area (TPSA) is 86.6 Å². The molecular weight excluding hydrogens is 352 g/mol. The summed E-state index contributed by atoms with van der Waals surface area (Å²) in [5, 5.41) is 20.3. The monoisotopic (exact) mass is 372 g/mol. The number of aromatic hydroxyl groups is 2. The zero-order valence-electron chi connectivity index (χ0n) is 14.8. The average Bonchev–Trinajstić information content (AvgIpc) is 3.37. The summed E-state index contributed by atoms with van der Waals surface area (Å²) >= 11 is 0. The molecule has 2 aromatic rings. The van der Waals surface area contributed by atoms with Crippen molar-refractivity contribution in [2.45, 2.75) is 12.2 Å². The first-order chi connectivity index (χ1) is 13.2. The number of hydrogen-bond acceptors (Lipinski definition) is 7. The largest absolute Gasteiger partial charge is 0.507 e. The molecule has 0 aromatic heterocycles. The van der Waals surface area contributed by atoms with Crippen molar-refractivity contribution in [1.29, 1.82) is 0 Å². The van der Waals surface area contributed by atoms with Gasteiger partial charge >= 0.3 is 0 Å². The van der Waals surface area contributed by atoms with Crippen LogP contribution in [0.5, 0.6) is 28.7 Å². The van der Waals surface area contributed by atoms with E-state index in [2.05, 4.69) is 0 Å². The van der Waals surface area contributed by atoms with Crippen LogP contribution in [0.1, 0.15) is 23.3 Å². The number of ether oxygens (including phenoxy) is 5. The number of methoxy groups -OCH3 is 1. The zero-order valence-corrected chi connectivity index (χ0v) is 14.8. The Hall–Kier alpha value is -2.64. The smallest absolute Gasteiger partial charge is 0.231 e. The lowest BCUT2D eigenvalue weighted by atomic mass is 9.84. The van der Waals surface area contributed by atoms with Crippen LogP contribution in [0.15, 0.2) is 30.3 Å². The average molecular weight is 372 g/mol. The van der Waals surface area contributed by atoms with Crippen LogP contribution in [0, 0.1) is 11.8 Å². The minimum Gasteiger partial charge on any atom is -0.507 e. The van der Waals surface area contributed by atoms with Crippen LogP contribution in [0.3, 0.4) is 0 Å². The van der Waals surface area contributed by atoms with Gasteiger partial charge in [-0.3, -0.25) is 0 Å².